The molecule has 3 N–H and O–H groups in total. The van der Waals surface area contributed by atoms with Crippen molar-refractivity contribution in [3.05, 3.63) is 29.6 Å². The largest absolute Gasteiger partial charge is 0.398 e. The molecule has 0 spiro atoms. The zero-order valence-corrected chi connectivity index (χ0v) is 8.25. The number of carbonyl (C=O) groups excluding carboxylic acids is 1. The Morgan fingerprint density at radius 2 is 2.33 bits per heavy atom. The number of nitrogens with one attached hydrogen (secondary N) is 1. The van der Waals surface area contributed by atoms with Crippen molar-refractivity contribution in [1.29, 1.82) is 0 Å². The van der Waals surface area contributed by atoms with Crippen molar-refractivity contribution in [2.24, 2.45) is 0 Å². The van der Waals surface area contributed by atoms with Crippen molar-refractivity contribution >= 4 is 11.6 Å². The summed E-state index contributed by atoms with van der Waals surface area (Å²) in [5.74, 6) is 1.35. The molecule has 0 aliphatic heterocycles. The molecule has 3 nitrogen and oxygen atoms in total. The van der Waals surface area contributed by atoms with E-state index in [1.165, 1.54) is 12.1 Å². The zero-order chi connectivity index (χ0) is 11.4. The van der Waals surface area contributed by atoms with Gasteiger partial charge in [-0.3, -0.25) is 4.79 Å². The summed E-state index contributed by atoms with van der Waals surface area (Å²) in [7, 11) is 0. The van der Waals surface area contributed by atoms with Gasteiger partial charge in [0, 0.05) is 5.69 Å². The van der Waals surface area contributed by atoms with Gasteiger partial charge >= 0.3 is 0 Å². The smallest absolute Gasteiger partial charge is 0.254 e. The van der Waals surface area contributed by atoms with Crippen molar-refractivity contribution in [3.63, 3.8) is 0 Å². The number of amides is 1. The minimum absolute atomic E-state index is 0.0945. The minimum Gasteiger partial charge on any atom is -0.398 e. The highest BCUT2D eigenvalue weighted by Crippen LogP contribution is 2.13. The Balaban J connectivity index is 2.92. The number of carbonyl (C=O) groups is 1. The van der Waals surface area contributed by atoms with Gasteiger partial charge in [-0.15, -0.1) is 6.42 Å². The summed E-state index contributed by atoms with van der Waals surface area (Å²) in [6.45, 7) is 1.65. The number of hydrogen-bond acceptors (Lipinski definition) is 2. The maximum Gasteiger partial charge on any atom is 0.254 e. The minimum atomic E-state index is -0.511. The first kappa shape index (κ1) is 11.1. The second-order valence-electron chi connectivity index (χ2n) is 3.09. The van der Waals surface area contributed by atoms with Crippen LogP contribution in [0.3, 0.4) is 0 Å². The normalized spacial score (nSPS) is 11.5. The van der Waals surface area contributed by atoms with Crippen molar-refractivity contribution in [3.8, 4) is 12.3 Å². The van der Waals surface area contributed by atoms with Crippen LogP contribution in [0.1, 0.15) is 17.3 Å². The molecule has 0 aromatic heterocycles. The molecule has 1 amide bonds. The monoisotopic (exact) mass is 206 g/mol. The van der Waals surface area contributed by atoms with Crippen LogP contribution < -0.4 is 11.1 Å². The van der Waals surface area contributed by atoms with Crippen LogP contribution in [0.5, 0.6) is 0 Å². The van der Waals surface area contributed by atoms with E-state index >= 15 is 0 Å². The third-order valence-electron chi connectivity index (χ3n) is 1.86. The molecule has 1 rings (SSSR count). The number of anilines is 1. The summed E-state index contributed by atoms with van der Waals surface area (Å²) in [5.41, 5.74) is 5.84. The first-order valence-electron chi connectivity index (χ1n) is 4.36. The summed E-state index contributed by atoms with van der Waals surface area (Å²) in [4.78, 5) is 11.5. The molecule has 0 radical (unpaired) electrons. The van der Waals surface area contributed by atoms with Crippen LogP contribution in [0.25, 0.3) is 0 Å². The third-order valence-corrected chi connectivity index (χ3v) is 1.86. The van der Waals surface area contributed by atoms with Crippen molar-refractivity contribution in [1.82, 2.24) is 5.32 Å². The number of hydrogen-bond donors (Lipinski definition) is 2. The average molecular weight is 206 g/mol. The second-order valence-corrected chi connectivity index (χ2v) is 3.09. The Bertz CT molecular complexity index is 423. The lowest BCUT2D eigenvalue weighted by molar-refractivity contribution is 0.0948. The van der Waals surface area contributed by atoms with Crippen LogP contribution in [-0.4, -0.2) is 11.9 Å². The Morgan fingerprint density at radius 3 is 2.93 bits per heavy atom. The Labute approximate surface area is 87.5 Å². The van der Waals surface area contributed by atoms with Gasteiger partial charge in [0.15, 0.2) is 0 Å². The summed E-state index contributed by atoms with van der Waals surface area (Å²) in [6, 6.07) is 3.19. The highest BCUT2D eigenvalue weighted by molar-refractivity contribution is 5.99. The maximum atomic E-state index is 12.9. The summed E-state index contributed by atoms with van der Waals surface area (Å²) in [6.07, 6.45) is 5.10. The SMILES string of the molecule is C#CC(C)NC(=O)c1cc(F)ccc1N. The topological polar surface area (TPSA) is 55.1 Å². The van der Waals surface area contributed by atoms with Gasteiger partial charge in [0.2, 0.25) is 0 Å². The zero-order valence-electron chi connectivity index (χ0n) is 8.25. The van der Waals surface area contributed by atoms with Gasteiger partial charge in [0.1, 0.15) is 5.82 Å². The number of halogens is 1. The maximum absolute atomic E-state index is 12.9. The molecule has 4 heteroatoms. The van der Waals surface area contributed by atoms with Gasteiger partial charge in [0.05, 0.1) is 11.6 Å². The van der Waals surface area contributed by atoms with Crippen molar-refractivity contribution in [2.75, 3.05) is 5.73 Å². The van der Waals surface area contributed by atoms with Crippen LogP contribution >= 0.6 is 0 Å². The third kappa shape index (κ3) is 2.71. The summed E-state index contributed by atoms with van der Waals surface area (Å²) in [5, 5.41) is 2.49. The molecule has 0 heterocycles. The summed E-state index contributed by atoms with van der Waals surface area (Å²) >= 11 is 0. The first-order valence-corrected chi connectivity index (χ1v) is 4.36. The van der Waals surface area contributed by atoms with E-state index in [4.69, 9.17) is 12.2 Å². The van der Waals surface area contributed by atoms with Gasteiger partial charge in [-0.25, -0.2) is 4.39 Å². The molecule has 0 fully saturated rings. The Hall–Kier alpha value is -2.02. The molecule has 0 aliphatic rings. The number of rotatable bonds is 2. The van der Waals surface area contributed by atoms with E-state index < -0.39 is 17.8 Å². The molecular weight excluding hydrogens is 195 g/mol. The lowest BCUT2D eigenvalue weighted by Gasteiger charge is -2.09. The van der Waals surface area contributed by atoms with E-state index in [1.807, 2.05) is 0 Å². The van der Waals surface area contributed by atoms with Crippen LogP contribution in [0.4, 0.5) is 10.1 Å². The summed E-state index contributed by atoms with van der Waals surface area (Å²) < 4.78 is 12.9. The van der Waals surface area contributed by atoms with Crippen molar-refractivity contribution in [2.45, 2.75) is 13.0 Å². The van der Waals surface area contributed by atoms with Crippen molar-refractivity contribution < 1.29 is 9.18 Å². The number of nitrogens with two attached hydrogens (primary N) is 1. The predicted octanol–water partition coefficient (Wildman–Crippen LogP) is 1.16. The fraction of sp³-hybridized carbons (Fsp3) is 0.182. The molecule has 1 atom stereocenters. The van der Waals surface area contributed by atoms with Crippen LogP contribution in [0, 0.1) is 18.2 Å². The average Bonchev–Trinajstić information content (AvgIpc) is 2.21. The molecule has 1 aromatic rings. The van der Waals surface area contributed by atoms with Gasteiger partial charge in [-0.05, 0) is 25.1 Å². The molecule has 0 saturated carbocycles. The predicted molar refractivity (Wildman–Crippen MR) is 56.6 cm³/mol. The second kappa shape index (κ2) is 4.47. The van der Waals surface area contributed by atoms with Crippen LogP contribution in [0.2, 0.25) is 0 Å². The fourth-order valence-corrected chi connectivity index (χ4v) is 1.04. The van der Waals surface area contributed by atoms with Gasteiger partial charge in [-0.1, -0.05) is 5.92 Å². The lowest BCUT2D eigenvalue weighted by Crippen LogP contribution is -2.31. The highest BCUT2D eigenvalue weighted by atomic mass is 19.1. The van der Waals surface area contributed by atoms with E-state index in [1.54, 1.807) is 6.92 Å². The molecule has 0 saturated heterocycles. The molecule has 0 aliphatic carbocycles. The van der Waals surface area contributed by atoms with E-state index in [2.05, 4.69) is 11.2 Å². The number of nitrogen functional groups attached to an aromatic ring is 1. The van der Waals surface area contributed by atoms with E-state index in [0.29, 0.717) is 0 Å². The van der Waals surface area contributed by atoms with E-state index in [-0.39, 0.29) is 11.3 Å². The van der Waals surface area contributed by atoms with Gasteiger partial charge in [-0.2, -0.15) is 0 Å². The van der Waals surface area contributed by atoms with E-state index in [0.717, 1.165) is 6.07 Å². The molecular formula is C11H11FN2O. The van der Waals surface area contributed by atoms with Crippen LogP contribution in [0.15, 0.2) is 18.2 Å². The van der Waals surface area contributed by atoms with Gasteiger partial charge in [0.25, 0.3) is 5.91 Å². The quantitative estimate of drug-likeness (QED) is 0.563. The Morgan fingerprint density at radius 1 is 1.67 bits per heavy atom. The van der Waals surface area contributed by atoms with Crippen LogP contribution in [-0.2, 0) is 0 Å². The standard InChI is InChI=1S/C11H11FN2O/c1-3-7(2)14-11(15)9-6-8(12)4-5-10(9)13/h1,4-7H,13H2,2H3,(H,14,15). The molecule has 1 unspecified atom stereocenters. The number of benzene rings is 1. The highest BCUT2D eigenvalue weighted by Gasteiger charge is 2.11. The molecule has 78 valence electrons. The Kier molecular flexibility index (Phi) is 3.29. The fourth-order valence-electron chi connectivity index (χ4n) is 1.04. The van der Waals surface area contributed by atoms with E-state index in [9.17, 15) is 9.18 Å². The molecule has 0 bridgehead atoms. The lowest BCUT2D eigenvalue weighted by atomic mass is 10.1. The van der Waals surface area contributed by atoms with Gasteiger partial charge < -0.3 is 11.1 Å². The molecule has 15 heavy (non-hydrogen) atoms. The number of terminal acetylenes is 1. The first-order chi connectivity index (χ1) is 7.04. The molecule has 1 aromatic carbocycles.